The maximum atomic E-state index is 10.4. The molecule has 192 valence electrons. The molecule has 10 heteroatoms. The van der Waals surface area contributed by atoms with E-state index in [1.54, 1.807) is 4.68 Å². The zero-order valence-electron chi connectivity index (χ0n) is 21.2. The molecule has 2 aromatic heterocycles. The van der Waals surface area contributed by atoms with Crippen molar-refractivity contribution >= 4 is 23.1 Å². The molecule has 0 amide bonds. The number of benzene rings is 1. The highest BCUT2D eigenvalue weighted by Crippen LogP contribution is 2.37. The minimum absolute atomic E-state index is 0.0300. The summed E-state index contributed by atoms with van der Waals surface area (Å²) < 4.78 is 7.96. The van der Waals surface area contributed by atoms with Gasteiger partial charge in [0.05, 0.1) is 29.4 Å². The third kappa shape index (κ3) is 6.24. The van der Waals surface area contributed by atoms with Gasteiger partial charge in [0.1, 0.15) is 5.75 Å². The van der Waals surface area contributed by atoms with Crippen molar-refractivity contribution in [1.29, 1.82) is 0 Å². The average Bonchev–Trinajstić information content (AvgIpc) is 3.80. The topological polar surface area (TPSA) is 131 Å². The zero-order valence-corrected chi connectivity index (χ0v) is 21.2. The summed E-state index contributed by atoms with van der Waals surface area (Å²) in [5.41, 5.74) is 3.81. The molecule has 1 saturated carbocycles. The fraction of sp³-hybridized carbons (Fsp3) is 0.500. The van der Waals surface area contributed by atoms with Gasteiger partial charge >= 0.3 is 0 Å². The second-order valence-corrected chi connectivity index (χ2v) is 9.95. The molecule has 4 heterocycles. The van der Waals surface area contributed by atoms with Crippen LogP contribution in [0.4, 0.5) is 23.1 Å². The van der Waals surface area contributed by atoms with Gasteiger partial charge in [0.2, 0.25) is 5.95 Å². The lowest BCUT2D eigenvalue weighted by molar-refractivity contribution is 0.304. The number of aromatic nitrogens is 4. The Morgan fingerprint density at radius 3 is 2.56 bits per heavy atom. The molecule has 1 aliphatic carbocycles. The highest BCUT2D eigenvalue weighted by Gasteiger charge is 2.26. The summed E-state index contributed by atoms with van der Waals surface area (Å²) in [6, 6.07) is 6.32. The molecular formula is C26H36N8O2. The van der Waals surface area contributed by atoms with Crippen LogP contribution in [0.25, 0.3) is 0 Å². The van der Waals surface area contributed by atoms with E-state index in [0.717, 1.165) is 55.2 Å². The van der Waals surface area contributed by atoms with Gasteiger partial charge in [-0.1, -0.05) is 19.9 Å². The summed E-state index contributed by atoms with van der Waals surface area (Å²) in [5, 5.41) is 27.8. The summed E-state index contributed by atoms with van der Waals surface area (Å²) in [7, 11) is 1.87. The van der Waals surface area contributed by atoms with E-state index in [1.807, 2.05) is 19.3 Å². The molecular weight excluding hydrogens is 456 g/mol. The molecule has 0 radical (unpaired) electrons. The highest BCUT2D eigenvalue weighted by atomic mass is 16.5. The number of aryl methyl sites for hydroxylation is 1. The summed E-state index contributed by atoms with van der Waals surface area (Å²) in [6.07, 6.45) is 6.85. The predicted molar refractivity (Wildman–Crippen MR) is 141 cm³/mol. The summed E-state index contributed by atoms with van der Waals surface area (Å²) in [4.78, 5) is 8.80. The fourth-order valence-electron chi connectivity index (χ4n) is 4.10. The molecule has 10 nitrogen and oxygen atoms in total. The standard InChI is InChI=1S/C24H31N7O2.C2H5N/c1-14(2)22-19(13-31(3)30-22)27-23-20(32)12-26-24(29-23)28-18-7-4-15(16-8-9-25-11-16)10-21(18)33-17-5-6-17;1-2-3-1/h4,7,10,12-14,16-17,25,32H,5-6,8-9,11H2,1-3H3,(H2,26,27,28,29);3H,1-2H2. The largest absolute Gasteiger partial charge is 0.503 e. The molecule has 0 bridgehead atoms. The molecule has 3 fully saturated rings. The van der Waals surface area contributed by atoms with E-state index in [1.165, 1.54) is 24.8 Å². The van der Waals surface area contributed by atoms with Gasteiger partial charge in [-0.2, -0.15) is 10.1 Å². The van der Waals surface area contributed by atoms with Crippen LogP contribution in [0.3, 0.4) is 0 Å². The Morgan fingerprint density at radius 2 is 1.89 bits per heavy atom. The second-order valence-electron chi connectivity index (χ2n) is 9.95. The van der Waals surface area contributed by atoms with Crippen LogP contribution in [0.2, 0.25) is 0 Å². The van der Waals surface area contributed by atoms with E-state index >= 15 is 0 Å². The van der Waals surface area contributed by atoms with E-state index in [4.69, 9.17) is 4.74 Å². The molecule has 36 heavy (non-hydrogen) atoms. The van der Waals surface area contributed by atoms with Crippen molar-refractivity contribution in [3.8, 4) is 11.5 Å². The van der Waals surface area contributed by atoms with Crippen LogP contribution in [0.1, 0.15) is 56.2 Å². The van der Waals surface area contributed by atoms with Crippen LogP contribution in [-0.4, -0.2) is 57.1 Å². The van der Waals surface area contributed by atoms with Crippen LogP contribution >= 0.6 is 0 Å². The van der Waals surface area contributed by atoms with Gasteiger partial charge in [-0.3, -0.25) is 4.68 Å². The second kappa shape index (κ2) is 10.7. The number of rotatable bonds is 8. The number of nitrogens with one attached hydrogen (secondary N) is 4. The van der Waals surface area contributed by atoms with E-state index in [0.29, 0.717) is 17.7 Å². The smallest absolute Gasteiger partial charge is 0.229 e. The molecule has 1 unspecified atom stereocenters. The summed E-state index contributed by atoms with van der Waals surface area (Å²) in [5.74, 6) is 2.23. The Morgan fingerprint density at radius 1 is 1.08 bits per heavy atom. The molecule has 6 rings (SSSR count). The lowest BCUT2D eigenvalue weighted by atomic mass is 9.98. The van der Waals surface area contributed by atoms with E-state index in [9.17, 15) is 5.11 Å². The Labute approximate surface area is 211 Å². The lowest BCUT2D eigenvalue weighted by Crippen LogP contribution is -2.09. The minimum Gasteiger partial charge on any atom is -0.503 e. The van der Waals surface area contributed by atoms with Crippen molar-refractivity contribution in [2.24, 2.45) is 7.05 Å². The number of hydrogen-bond acceptors (Lipinski definition) is 9. The number of nitrogens with zero attached hydrogens (tertiary/aromatic N) is 4. The van der Waals surface area contributed by atoms with Crippen molar-refractivity contribution < 1.29 is 9.84 Å². The third-order valence-electron chi connectivity index (χ3n) is 6.28. The third-order valence-corrected chi connectivity index (χ3v) is 6.28. The van der Waals surface area contributed by atoms with Crippen molar-refractivity contribution in [3.05, 3.63) is 41.9 Å². The van der Waals surface area contributed by atoms with Crippen molar-refractivity contribution in [3.63, 3.8) is 0 Å². The maximum absolute atomic E-state index is 10.4. The Bertz CT molecular complexity index is 1180. The monoisotopic (exact) mass is 492 g/mol. The molecule has 2 saturated heterocycles. The quantitative estimate of drug-likeness (QED) is 0.298. The van der Waals surface area contributed by atoms with Gasteiger partial charge < -0.3 is 31.1 Å². The first kappa shape index (κ1) is 24.3. The van der Waals surface area contributed by atoms with Gasteiger partial charge in [-0.25, -0.2) is 4.98 Å². The van der Waals surface area contributed by atoms with Crippen molar-refractivity contribution in [2.45, 2.75) is 51.0 Å². The van der Waals surface area contributed by atoms with Crippen molar-refractivity contribution in [1.82, 2.24) is 30.4 Å². The average molecular weight is 493 g/mol. The molecule has 1 aromatic carbocycles. The SMILES string of the molecule is C1CN1.CC(C)c1nn(C)cc1Nc1nc(Nc2ccc(C3CCNC3)cc2OC2CC2)ncc1O. The molecule has 5 N–H and O–H groups in total. The summed E-state index contributed by atoms with van der Waals surface area (Å²) in [6.45, 7) is 8.70. The lowest BCUT2D eigenvalue weighted by Gasteiger charge is -2.17. The molecule has 1 atom stereocenters. The highest BCUT2D eigenvalue weighted by molar-refractivity contribution is 5.68. The fourth-order valence-corrected chi connectivity index (χ4v) is 4.10. The molecule has 0 spiro atoms. The van der Waals surface area contributed by atoms with Gasteiger partial charge in [0.15, 0.2) is 11.6 Å². The van der Waals surface area contributed by atoms with Crippen LogP contribution < -0.4 is 26.0 Å². The van der Waals surface area contributed by atoms with Crippen LogP contribution in [0.15, 0.2) is 30.6 Å². The number of aromatic hydroxyl groups is 1. The van der Waals surface area contributed by atoms with Crippen LogP contribution in [-0.2, 0) is 7.05 Å². The predicted octanol–water partition coefficient (Wildman–Crippen LogP) is 3.73. The van der Waals surface area contributed by atoms with Gasteiger partial charge in [0.25, 0.3) is 0 Å². The normalized spacial score (nSPS) is 18.5. The zero-order chi connectivity index (χ0) is 25.1. The van der Waals surface area contributed by atoms with Crippen molar-refractivity contribution in [2.75, 3.05) is 36.8 Å². The molecule has 3 aliphatic rings. The van der Waals surface area contributed by atoms with Gasteiger partial charge in [-0.05, 0) is 55.3 Å². The first-order valence-electron chi connectivity index (χ1n) is 12.8. The first-order chi connectivity index (χ1) is 17.5. The molecule has 2 aliphatic heterocycles. The van der Waals surface area contributed by atoms with E-state index in [-0.39, 0.29) is 17.8 Å². The van der Waals surface area contributed by atoms with Gasteiger partial charge in [0, 0.05) is 32.9 Å². The number of ether oxygens (including phenoxy) is 1. The van der Waals surface area contributed by atoms with E-state index < -0.39 is 0 Å². The Balaban J connectivity index is 0.000000828. The number of anilines is 4. The molecule has 3 aromatic rings. The summed E-state index contributed by atoms with van der Waals surface area (Å²) >= 11 is 0. The van der Waals surface area contributed by atoms with Crippen LogP contribution in [0, 0.1) is 0 Å². The van der Waals surface area contributed by atoms with E-state index in [2.05, 4.69) is 62.3 Å². The first-order valence-corrected chi connectivity index (χ1v) is 12.8. The Hall–Kier alpha value is -3.37. The van der Waals surface area contributed by atoms with Gasteiger partial charge in [-0.15, -0.1) is 0 Å². The Kier molecular flexibility index (Phi) is 7.24. The maximum Gasteiger partial charge on any atom is 0.229 e. The van der Waals surface area contributed by atoms with Crippen LogP contribution in [0.5, 0.6) is 11.5 Å². The number of hydrogen-bond donors (Lipinski definition) is 5. The minimum atomic E-state index is -0.0300.